The largest absolute Gasteiger partial charge is 0.508 e. The smallest absolute Gasteiger partial charge is 0.115 e. The highest BCUT2D eigenvalue weighted by atomic mass is 16.3. The van der Waals surface area contributed by atoms with Crippen molar-refractivity contribution in [1.29, 1.82) is 0 Å². The summed E-state index contributed by atoms with van der Waals surface area (Å²) in [5, 5.41) is 17.2. The summed E-state index contributed by atoms with van der Waals surface area (Å²) in [7, 11) is 0. The molecule has 0 aliphatic rings. The van der Waals surface area contributed by atoms with E-state index in [-0.39, 0.29) is 0 Å². The number of phenols is 1. The monoisotopic (exact) mass is 245 g/mol. The minimum atomic E-state index is 0.296. The summed E-state index contributed by atoms with van der Waals surface area (Å²) < 4.78 is 1.89. The van der Waals surface area contributed by atoms with E-state index in [4.69, 9.17) is 0 Å². The third-order valence-corrected chi connectivity index (χ3v) is 2.68. The molecule has 96 valence electrons. The van der Waals surface area contributed by atoms with Crippen molar-refractivity contribution in [2.24, 2.45) is 0 Å². The van der Waals surface area contributed by atoms with Gasteiger partial charge in [-0.3, -0.25) is 4.68 Å². The second kappa shape index (κ2) is 6.21. The summed E-state index contributed by atoms with van der Waals surface area (Å²) in [6.45, 7) is 4.65. The van der Waals surface area contributed by atoms with E-state index >= 15 is 0 Å². The van der Waals surface area contributed by atoms with Crippen LogP contribution in [0.15, 0.2) is 36.5 Å². The molecule has 1 aromatic heterocycles. The topological polar surface area (TPSA) is 50.1 Å². The molecule has 0 fully saturated rings. The molecule has 0 saturated heterocycles. The summed E-state index contributed by atoms with van der Waals surface area (Å²) in [6.07, 6.45) is 3.09. The lowest BCUT2D eigenvalue weighted by atomic mass is 10.2. The van der Waals surface area contributed by atoms with Crippen LogP contribution in [-0.4, -0.2) is 21.4 Å². The quantitative estimate of drug-likeness (QED) is 0.767. The van der Waals surface area contributed by atoms with Crippen LogP contribution in [0.1, 0.15) is 24.6 Å². The molecule has 4 heteroatoms. The molecule has 0 aliphatic carbocycles. The van der Waals surface area contributed by atoms with Crippen molar-refractivity contribution in [3.8, 4) is 5.75 Å². The second-order valence-electron chi connectivity index (χ2n) is 4.35. The van der Waals surface area contributed by atoms with E-state index in [2.05, 4.69) is 17.3 Å². The van der Waals surface area contributed by atoms with Gasteiger partial charge in [-0.1, -0.05) is 19.1 Å². The zero-order valence-corrected chi connectivity index (χ0v) is 10.6. The van der Waals surface area contributed by atoms with Gasteiger partial charge in [0.15, 0.2) is 0 Å². The maximum Gasteiger partial charge on any atom is 0.115 e. The Bertz CT molecular complexity index is 493. The number of benzene rings is 1. The Morgan fingerprint density at radius 2 is 2.22 bits per heavy atom. The number of nitrogens with one attached hydrogen (secondary N) is 1. The van der Waals surface area contributed by atoms with Crippen LogP contribution in [0.2, 0.25) is 0 Å². The van der Waals surface area contributed by atoms with Crippen LogP contribution < -0.4 is 5.32 Å². The Balaban J connectivity index is 1.94. The molecule has 1 heterocycles. The van der Waals surface area contributed by atoms with Gasteiger partial charge in [0, 0.05) is 12.7 Å². The number of hydrogen-bond acceptors (Lipinski definition) is 3. The van der Waals surface area contributed by atoms with Gasteiger partial charge in [-0.25, -0.2) is 0 Å². The lowest BCUT2D eigenvalue weighted by Gasteiger charge is -2.03. The van der Waals surface area contributed by atoms with Crippen LogP contribution in [0.3, 0.4) is 0 Å². The van der Waals surface area contributed by atoms with E-state index in [1.165, 1.54) is 0 Å². The van der Waals surface area contributed by atoms with Crippen LogP contribution in [0, 0.1) is 0 Å². The summed E-state index contributed by atoms with van der Waals surface area (Å²) in [5.41, 5.74) is 2.09. The van der Waals surface area contributed by atoms with Crippen molar-refractivity contribution in [2.45, 2.75) is 26.4 Å². The first-order valence-electron chi connectivity index (χ1n) is 6.29. The standard InChI is InChI=1S/C14H19N3O/c1-2-7-15-10-13-6-8-17(16-13)11-12-4-3-5-14(18)9-12/h3-6,8-9,15,18H,2,7,10-11H2,1H3. The molecule has 18 heavy (non-hydrogen) atoms. The van der Waals surface area contributed by atoms with Gasteiger partial charge in [0.05, 0.1) is 12.2 Å². The second-order valence-corrected chi connectivity index (χ2v) is 4.35. The fraction of sp³-hybridized carbons (Fsp3) is 0.357. The Labute approximate surface area is 107 Å². The van der Waals surface area contributed by atoms with Gasteiger partial charge in [0.25, 0.3) is 0 Å². The van der Waals surface area contributed by atoms with Crippen LogP contribution in [0.4, 0.5) is 0 Å². The van der Waals surface area contributed by atoms with Gasteiger partial charge in [-0.15, -0.1) is 0 Å². The molecule has 1 aromatic carbocycles. The van der Waals surface area contributed by atoms with Gasteiger partial charge in [0.2, 0.25) is 0 Å². The fourth-order valence-electron chi connectivity index (χ4n) is 1.82. The molecule has 2 N–H and O–H groups in total. The van der Waals surface area contributed by atoms with E-state index in [0.717, 1.165) is 30.8 Å². The lowest BCUT2D eigenvalue weighted by Crippen LogP contribution is -2.14. The third kappa shape index (κ3) is 3.60. The van der Waals surface area contributed by atoms with E-state index in [1.807, 2.05) is 29.1 Å². The molecule has 2 aromatic rings. The van der Waals surface area contributed by atoms with Crippen molar-refractivity contribution < 1.29 is 5.11 Å². The van der Waals surface area contributed by atoms with Gasteiger partial charge in [-0.2, -0.15) is 5.10 Å². The number of phenolic OH excluding ortho intramolecular Hbond substituents is 1. The summed E-state index contributed by atoms with van der Waals surface area (Å²) in [5.74, 6) is 0.296. The van der Waals surface area contributed by atoms with Gasteiger partial charge >= 0.3 is 0 Å². The highest BCUT2D eigenvalue weighted by Gasteiger charge is 2.00. The van der Waals surface area contributed by atoms with Crippen LogP contribution in [0.5, 0.6) is 5.75 Å². The first kappa shape index (κ1) is 12.6. The highest BCUT2D eigenvalue weighted by molar-refractivity contribution is 5.27. The van der Waals surface area contributed by atoms with Gasteiger partial charge in [0.1, 0.15) is 5.75 Å². The van der Waals surface area contributed by atoms with Crippen molar-refractivity contribution in [2.75, 3.05) is 6.54 Å². The number of hydrogen-bond donors (Lipinski definition) is 2. The third-order valence-electron chi connectivity index (χ3n) is 2.68. The molecule has 0 aliphatic heterocycles. The molecule has 0 atom stereocenters. The zero-order valence-electron chi connectivity index (χ0n) is 10.6. The van der Waals surface area contributed by atoms with Gasteiger partial charge in [-0.05, 0) is 36.7 Å². The molecular formula is C14H19N3O. The van der Waals surface area contributed by atoms with E-state index in [9.17, 15) is 5.11 Å². The fourth-order valence-corrected chi connectivity index (χ4v) is 1.82. The minimum Gasteiger partial charge on any atom is -0.508 e. The Morgan fingerprint density at radius 1 is 1.33 bits per heavy atom. The van der Waals surface area contributed by atoms with Crippen molar-refractivity contribution in [1.82, 2.24) is 15.1 Å². The SMILES string of the molecule is CCCNCc1ccn(Cc2cccc(O)c2)n1. The predicted octanol–water partition coefficient (Wildman–Crippen LogP) is 2.14. The van der Waals surface area contributed by atoms with Crippen LogP contribution in [0.25, 0.3) is 0 Å². The van der Waals surface area contributed by atoms with E-state index in [1.54, 1.807) is 12.1 Å². The Morgan fingerprint density at radius 3 is 3.00 bits per heavy atom. The Kier molecular flexibility index (Phi) is 4.36. The lowest BCUT2D eigenvalue weighted by molar-refractivity contribution is 0.474. The molecule has 0 amide bonds. The molecule has 4 nitrogen and oxygen atoms in total. The minimum absolute atomic E-state index is 0.296. The maximum atomic E-state index is 9.40. The Hall–Kier alpha value is -1.81. The number of nitrogens with zero attached hydrogens (tertiary/aromatic N) is 2. The van der Waals surface area contributed by atoms with Gasteiger partial charge < -0.3 is 10.4 Å². The number of rotatable bonds is 6. The van der Waals surface area contributed by atoms with Crippen molar-refractivity contribution in [3.05, 3.63) is 47.8 Å². The molecule has 0 radical (unpaired) electrons. The summed E-state index contributed by atoms with van der Waals surface area (Å²) in [6, 6.07) is 9.28. The zero-order chi connectivity index (χ0) is 12.8. The molecule has 0 bridgehead atoms. The molecule has 2 rings (SSSR count). The summed E-state index contributed by atoms with van der Waals surface area (Å²) >= 11 is 0. The molecule has 0 saturated carbocycles. The van der Waals surface area contributed by atoms with Crippen LogP contribution >= 0.6 is 0 Å². The molecular weight excluding hydrogens is 226 g/mol. The number of aromatic nitrogens is 2. The molecule has 0 spiro atoms. The average Bonchev–Trinajstić information content (AvgIpc) is 2.77. The highest BCUT2D eigenvalue weighted by Crippen LogP contribution is 2.12. The maximum absolute atomic E-state index is 9.40. The first-order chi connectivity index (χ1) is 8.78. The first-order valence-corrected chi connectivity index (χ1v) is 6.29. The normalized spacial score (nSPS) is 10.7. The average molecular weight is 245 g/mol. The molecule has 0 unspecified atom stereocenters. The predicted molar refractivity (Wildman–Crippen MR) is 71.4 cm³/mol. The summed E-state index contributed by atoms with van der Waals surface area (Å²) in [4.78, 5) is 0. The van der Waals surface area contributed by atoms with E-state index in [0.29, 0.717) is 12.3 Å². The number of aromatic hydroxyl groups is 1. The van der Waals surface area contributed by atoms with Crippen molar-refractivity contribution >= 4 is 0 Å². The van der Waals surface area contributed by atoms with E-state index < -0.39 is 0 Å². The van der Waals surface area contributed by atoms with Crippen molar-refractivity contribution in [3.63, 3.8) is 0 Å². The van der Waals surface area contributed by atoms with Crippen LogP contribution in [-0.2, 0) is 13.1 Å².